The minimum Gasteiger partial charge on any atom is -0.320 e. The number of aryl methyl sites for hydroxylation is 2. The Labute approximate surface area is 149 Å². The molecule has 2 aliphatic rings. The number of halogens is 2. The first-order valence-electron chi connectivity index (χ1n) is 7.13. The predicted molar refractivity (Wildman–Crippen MR) is 97.1 cm³/mol. The number of nitrogens with zero attached hydrogens (tertiary/aromatic N) is 1. The summed E-state index contributed by atoms with van der Waals surface area (Å²) in [5, 5.41) is 3.86. The van der Waals surface area contributed by atoms with E-state index in [2.05, 4.69) is 37.2 Å². The number of anilines is 1. The van der Waals surface area contributed by atoms with Crippen LogP contribution in [0.15, 0.2) is 21.1 Å². The molecule has 0 fully saturated rings. The van der Waals surface area contributed by atoms with E-state index in [-0.39, 0.29) is 5.91 Å². The molecule has 0 atom stereocenters. The molecule has 1 aliphatic carbocycles. The third kappa shape index (κ3) is 2.47. The molecule has 0 saturated heterocycles. The molecule has 2 heterocycles. The van der Waals surface area contributed by atoms with Crippen LogP contribution in [-0.2, 0) is 17.6 Å². The Hall–Kier alpha value is -0.980. The lowest BCUT2D eigenvalue weighted by atomic mass is 10.0. The molecule has 6 heteroatoms. The van der Waals surface area contributed by atoms with Gasteiger partial charge in [0, 0.05) is 19.4 Å². The molecule has 1 N–H and O–H groups in total. The van der Waals surface area contributed by atoms with Gasteiger partial charge in [-0.2, -0.15) is 0 Å². The van der Waals surface area contributed by atoms with Gasteiger partial charge in [0.2, 0.25) is 0 Å². The van der Waals surface area contributed by atoms with Crippen molar-refractivity contribution in [1.29, 1.82) is 0 Å². The van der Waals surface area contributed by atoms with Crippen LogP contribution in [0.4, 0.5) is 5.69 Å². The number of aromatic nitrogens is 1. The van der Waals surface area contributed by atoms with Gasteiger partial charge in [0.05, 0.1) is 17.0 Å². The third-order valence-electron chi connectivity index (χ3n) is 3.96. The van der Waals surface area contributed by atoms with Crippen LogP contribution in [0, 0.1) is 0 Å². The Balaban J connectivity index is 1.80. The van der Waals surface area contributed by atoms with Crippen molar-refractivity contribution in [3.05, 3.63) is 42.2 Å². The minimum atomic E-state index is -0.0676. The highest BCUT2D eigenvalue weighted by Crippen LogP contribution is 2.41. The van der Waals surface area contributed by atoms with Crippen LogP contribution in [0.5, 0.6) is 0 Å². The Bertz CT molecular complexity index is 802. The number of thiazole rings is 1. The van der Waals surface area contributed by atoms with Crippen LogP contribution in [0.1, 0.15) is 34.0 Å². The van der Waals surface area contributed by atoms with Crippen LogP contribution in [-0.4, -0.2) is 10.9 Å². The topological polar surface area (TPSA) is 42.0 Å². The average Bonchev–Trinajstić information content (AvgIpc) is 3.02. The first kappa shape index (κ1) is 14.6. The van der Waals surface area contributed by atoms with Gasteiger partial charge >= 0.3 is 0 Å². The summed E-state index contributed by atoms with van der Waals surface area (Å²) in [6.45, 7) is 0. The molecule has 1 aromatic heterocycles. The highest BCUT2D eigenvalue weighted by atomic mass is 79.9. The maximum Gasteiger partial charge on any atom is 0.256 e. The second-order valence-electron chi connectivity index (χ2n) is 5.45. The fourth-order valence-electron chi connectivity index (χ4n) is 2.92. The molecule has 1 aliphatic heterocycles. The van der Waals surface area contributed by atoms with E-state index in [4.69, 9.17) is 4.98 Å². The first-order chi connectivity index (χ1) is 10.6. The summed E-state index contributed by atoms with van der Waals surface area (Å²) in [7, 11) is 0. The van der Waals surface area contributed by atoms with Crippen molar-refractivity contribution in [2.45, 2.75) is 25.7 Å². The van der Waals surface area contributed by atoms with E-state index in [1.165, 1.54) is 23.4 Å². The van der Waals surface area contributed by atoms with Gasteiger partial charge in [-0.1, -0.05) is 15.9 Å². The maximum atomic E-state index is 12.3. The Morgan fingerprint density at radius 2 is 2.05 bits per heavy atom. The normalized spacial score (nSPS) is 18.3. The van der Waals surface area contributed by atoms with Crippen LogP contribution in [0.2, 0.25) is 0 Å². The van der Waals surface area contributed by atoms with Gasteiger partial charge in [0.1, 0.15) is 5.01 Å². The van der Waals surface area contributed by atoms with Crippen molar-refractivity contribution >= 4 is 66.4 Å². The first-order valence-corrected chi connectivity index (χ1v) is 9.53. The molecule has 0 radical (unpaired) electrons. The summed E-state index contributed by atoms with van der Waals surface area (Å²) in [6.07, 6.45) is 6.57. The molecule has 2 aromatic rings. The number of hydrogen-bond acceptors (Lipinski definition) is 3. The van der Waals surface area contributed by atoms with E-state index in [9.17, 15) is 4.79 Å². The van der Waals surface area contributed by atoms with E-state index >= 15 is 0 Å². The molecule has 1 amide bonds. The summed E-state index contributed by atoms with van der Waals surface area (Å²) in [6, 6.07) is 3.90. The summed E-state index contributed by atoms with van der Waals surface area (Å²) >= 11 is 8.70. The molecule has 1 aromatic carbocycles. The van der Waals surface area contributed by atoms with Crippen molar-refractivity contribution in [2.24, 2.45) is 0 Å². The number of nitrogens with one attached hydrogen (secondary N) is 1. The van der Waals surface area contributed by atoms with Gasteiger partial charge < -0.3 is 5.32 Å². The van der Waals surface area contributed by atoms with Crippen molar-refractivity contribution in [2.75, 3.05) is 5.32 Å². The molecule has 0 saturated carbocycles. The molecule has 4 rings (SSSR count). The van der Waals surface area contributed by atoms with Gasteiger partial charge in [-0.05, 0) is 59.8 Å². The van der Waals surface area contributed by atoms with Crippen molar-refractivity contribution in [3.8, 4) is 0 Å². The van der Waals surface area contributed by atoms with E-state index in [1.54, 1.807) is 11.3 Å². The predicted octanol–water partition coefficient (Wildman–Crippen LogP) is 5.04. The van der Waals surface area contributed by atoms with Gasteiger partial charge in [0.15, 0.2) is 0 Å². The van der Waals surface area contributed by atoms with Crippen molar-refractivity contribution in [1.82, 2.24) is 4.98 Å². The smallest absolute Gasteiger partial charge is 0.256 e. The Morgan fingerprint density at radius 3 is 2.86 bits per heavy atom. The summed E-state index contributed by atoms with van der Waals surface area (Å²) < 4.78 is 1.83. The van der Waals surface area contributed by atoms with E-state index < -0.39 is 0 Å². The largest absolute Gasteiger partial charge is 0.320 e. The lowest BCUT2D eigenvalue weighted by Gasteiger charge is -2.06. The number of fused-ring (bicyclic) bond motifs is 2. The number of rotatable bonds is 1. The molecular formula is C16H12Br2N2OS. The highest BCUT2D eigenvalue weighted by molar-refractivity contribution is 9.11. The average molecular weight is 440 g/mol. The molecule has 3 nitrogen and oxygen atoms in total. The summed E-state index contributed by atoms with van der Waals surface area (Å²) in [4.78, 5) is 18.4. The van der Waals surface area contributed by atoms with Crippen LogP contribution in [0.3, 0.4) is 0 Å². The lowest BCUT2D eigenvalue weighted by molar-refractivity contribution is -0.110. The van der Waals surface area contributed by atoms with E-state index in [0.717, 1.165) is 38.0 Å². The number of carbonyl (C=O) groups is 1. The molecule has 112 valence electrons. The zero-order valence-electron chi connectivity index (χ0n) is 11.6. The standard InChI is InChI=1S/C16H12Br2N2OS/c17-8-5-9-10(16(21)20-15(9)11(18)6-8)7-14-19-12-3-1-2-4-13(12)22-14/h5-7H,1-4H2,(H,20,21). The summed E-state index contributed by atoms with van der Waals surface area (Å²) in [5.74, 6) is -0.0676. The van der Waals surface area contributed by atoms with Gasteiger partial charge in [0.25, 0.3) is 5.91 Å². The summed E-state index contributed by atoms with van der Waals surface area (Å²) in [5.41, 5.74) is 3.65. The Morgan fingerprint density at radius 1 is 1.23 bits per heavy atom. The van der Waals surface area contributed by atoms with Gasteiger partial charge in [-0.25, -0.2) is 4.98 Å². The second kappa shape index (κ2) is 5.58. The molecule has 0 bridgehead atoms. The second-order valence-corrected chi connectivity index (χ2v) is 8.34. The zero-order chi connectivity index (χ0) is 15.3. The van der Waals surface area contributed by atoms with Gasteiger partial charge in [-0.15, -0.1) is 11.3 Å². The van der Waals surface area contributed by atoms with Gasteiger partial charge in [-0.3, -0.25) is 4.79 Å². The van der Waals surface area contributed by atoms with E-state index in [1.807, 2.05) is 18.2 Å². The number of amides is 1. The molecule has 22 heavy (non-hydrogen) atoms. The number of hydrogen-bond donors (Lipinski definition) is 1. The van der Waals surface area contributed by atoms with E-state index in [0.29, 0.717) is 5.57 Å². The van der Waals surface area contributed by atoms with Crippen molar-refractivity contribution in [3.63, 3.8) is 0 Å². The van der Waals surface area contributed by atoms with Crippen LogP contribution in [0.25, 0.3) is 11.6 Å². The maximum absolute atomic E-state index is 12.3. The molecule has 0 unspecified atom stereocenters. The van der Waals surface area contributed by atoms with Crippen LogP contribution >= 0.6 is 43.2 Å². The van der Waals surface area contributed by atoms with Crippen LogP contribution < -0.4 is 5.32 Å². The quantitative estimate of drug-likeness (QED) is 0.632. The number of carbonyl (C=O) groups excluding carboxylic acids is 1. The third-order valence-corrected chi connectivity index (χ3v) is 6.15. The molecular weight excluding hydrogens is 428 g/mol. The highest BCUT2D eigenvalue weighted by Gasteiger charge is 2.27. The Kier molecular flexibility index (Phi) is 3.71. The van der Waals surface area contributed by atoms with Crippen molar-refractivity contribution < 1.29 is 4.79 Å². The fourth-order valence-corrected chi connectivity index (χ4v) is 5.34. The SMILES string of the molecule is O=C1Nc2c(Br)cc(Br)cc2C1=Cc1nc2c(s1)CCCC2. The monoisotopic (exact) mass is 438 g/mol. The lowest BCUT2D eigenvalue weighted by Crippen LogP contribution is -2.03. The molecule has 0 spiro atoms. The minimum absolute atomic E-state index is 0.0676. The number of benzene rings is 1. The fraction of sp³-hybridized carbons (Fsp3) is 0.250. The zero-order valence-corrected chi connectivity index (χ0v) is 15.6.